The molecule has 1 atom stereocenters. The van der Waals surface area contributed by atoms with E-state index in [2.05, 4.69) is 0 Å². The third kappa shape index (κ3) is 1.40. The second-order valence-electron chi connectivity index (χ2n) is 3.66. The molecular formula is C11H13NO2. The number of hydrogen-bond acceptors (Lipinski definition) is 3. The average Bonchev–Trinajstić information content (AvgIpc) is 2.48. The predicted octanol–water partition coefficient (Wildman–Crippen LogP) is 1.34. The Morgan fingerprint density at radius 3 is 2.71 bits per heavy atom. The predicted molar refractivity (Wildman–Crippen MR) is 53.1 cm³/mol. The number of phenols is 1. The number of para-hydroxylation sites is 1. The van der Waals surface area contributed by atoms with E-state index < -0.39 is 0 Å². The summed E-state index contributed by atoms with van der Waals surface area (Å²) in [5.41, 5.74) is 0.720. The lowest BCUT2D eigenvalue weighted by atomic mass is 10.0. The molecule has 0 amide bonds. The average molecular weight is 191 g/mol. The van der Waals surface area contributed by atoms with Gasteiger partial charge >= 0.3 is 0 Å². The number of carbonyl (C=O) groups excluding carboxylic acids is 1. The van der Waals surface area contributed by atoms with Crippen LogP contribution in [0.3, 0.4) is 0 Å². The van der Waals surface area contributed by atoms with Crippen LogP contribution in [0.1, 0.15) is 18.0 Å². The van der Waals surface area contributed by atoms with E-state index in [1.807, 2.05) is 18.0 Å². The highest BCUT2D eigenvalue weighted by Gasteiger charge is 2.32. The van der Waals surface area contributed by atoms with Crippen molar-refractivity contribution in [3.63, 3.8) is 0 Å². The Hall–Kier alpha value is -1.35. The molecule has 3 nitrogen and oxygen atoms in total. The van der Waals surface area contributed by atoms with Crippen LogP contribution in [0, 0.1) is 0 Å². The van der Waals surface area contributed by atoms with Crippen LogP contribution in [0.4, 0.5) is 0 Å². The van der Waals surface area contributed by atoms with E-state index in [0.717, 1.165) is 12.1 Å². The van der Waals surface area contributed by atoms with Crippen molar-refractivity contribution in [2.24, 2.45) is 0 Å². The molecule has 0 aromatic heterocycles. The molecule has 1 N–H and O–H groups in total. The third-order valence-corrected chi connectivity index (χ3v) is 2.69. The smallest absolute Gasteiger partial charge is 0.155 e. The van der Waals surface area contributed by atoms with Crippen molar-refractivity contribution in [2.45, 2.75) is 12.5 Å². The first-order chi connectivity index (χ1) is 6.70. The van der Waals surface area contributed by atoms with Gasteiger partial charge in [0.1, 0.15) is 5.75 Å². The van der Waals surface area contributed by atoms with Gasteiger partial charge in [-0.05, 0) is 13.1 Å². The fourth-order valence-electron chi connectivity index (χ4n) is 1.93. The summed E-state index contributed by atoms with van der Waals surface area (Å²) in [5.74, 6) is 0.397. The molecule has 0 spiro atoms. The zero-order valence-corrected chi connectivity index (χ0v) is 8.10. The molecule has 1 unspecified atom stereocenters. The molecule has 0 aliphatic carbocycles. The molecule has 3 heteroatoms. The molecule has 1 aliphatic heterocycles. The maximum atomic E-state index is 11.6. The van der Waals surface area contributed by atoms with E-state index in [4.69, 9.17) is 0 Å². The Labute approximate surface area is 83.0 Å². The van der Waals surface area contributed by atoms with Crippen molar-refractivity contribution in [3.8, 4) is 5.75 Å². The van der Waals surface area contributed by atoms with Crippen LogP contribution >= 0.6 is 0 Å². The molecule has 0 radical (unpaired) electrons. The van der Waals surface area contributed by atoms with E-state index in [-0.39, 0.29) is 17.6 Å². The lowest BCUT2D eigenvalue weighted by molar-refractivity contribution is -0.119. The van der Waals surface area contributed by atoms with E-state index in [9.17, 15) is 9.90 Å². The summed E-state index contributed by atoms with van der Waals surface area (Å²) >= 11 is 0. The summed E-state index contributed by atoms with van der Waals surface area (Å²) in [4.78, 5) is 13.6. The number of hydrogen-bond donors (Lipinski definition) is 1. The van der Waals surface area contributed by atoms with Crippen molar-refractivity contribution in [2.75, 3.05) is 13.6 Å². The molecule has 74 valence electrons. The van der Waals surface area contributed by atoms with Crippen LogP contribution in [0.25, 0.3) is 0 Å². The first kappa shape index (κ1) is 9.21. The van der Waals surface area contributed by atoms with Gasteiger partial charge in [-0.3, -0.25) is 9.69 Å². The third-order valence-electron chi connectivity index (χ3n) is 2.69. The van der Waals surface area contributed by atoms with Crippen LogP contribution < -0.4 is 0 Å². The Bertz CT molecular complexity index is 362. The number of carbonyl (C=O) groups is 1. The largest absolute Gasteiger partial charge is 0.508 e. The summed E-state index contributed by atoms with van der Waals surface area (Å²) < 4.78 is 0. The number of likely N-dealkylation sites (tertiary alicyclic amines) is 1. The van der Waals surface area contributed by atoms with E-state index >= 15 is 0 Å². The van der Waals surface area contributed by atoms with E-state index in [1.54, 1.807) is 18.2 Å². The van der Waals surface area contributed by atoms with Gasteiger partial charge in [-0.25, -0.2) is 0 Å². The number of phenolic OH excluding ortho intramolecular Hbond substituents is 1. The van der Waals surface area contributed by atoms with Gasteiger partial charge in [0.05, 0.1) is 6.04 Å². The summed E-state index contributed by atoms with van der Waals surface area (Å²) in [6.45, 7) is 0.776. The standard InChI is InChI=1S/C11H13NO2/c1-12-7-6-10(14)11(12)8-4-2-3-5-9(8)13/h2-5,11,13H,6-7H2,1H3. The van der Waals surface area contributed by atoms with Gasteiger partial charge in [0.2, 0.25) is 0 Å². The van der Waals surface area contributed by atoms with Crippen LogP contribution in [0.2, 0.25) is 0 Å². The number of rotatable bonds is 1. The maximum Gasteiger partial charge on any atom is 0.155 e. The number of aromatic hydroxyl groups is 1. The molecular weight excluding hydrogens is 178 g/mol. The molecule has 1 fully saturated rings. The molecule has 1 saturated heterocycles. The van der Waals surface area contributed by atoms with Gasteiger partial charge in [-0.15, -0.1) is 0 Å². The van der Waals surface area contributed by atoms with Crippen molar-refractivity contribution in [1.29, 1.82) is 0 Å². The van der Waals surface area contributed by atoms with Crippen molar-refractivity contribution < 1.29 is 9.90 Å². The maximum absolute atomic E-state index is 11.6. The zero-order valence-electron chi connectivity index (χ0n) is 8.10. The van der Waals surface area contributed by atoms with Gasteiger partial charge in [-0.1, -0.05) is 18.2 Å². The zero-order chi connectivity index (χ0) is 10.1. The fraction of sp³-hybridized carbons (Fsp3) is 0.364. The van der Waals surface area contributed by atoms with Crippen LogP contribution in [-0.2, 0) is 4.79 Å². The lowest BCUT2D eigenvalue weighted by Crippen LogP contribution is -2.21. The lowest BCUT2D eigenvalue weighted by Gasteiger charge is -2.18. The second-order valence-corrected chi connectivity index (χ2v) is 3.66. The minimum atomic E-state index is -0.254. The SMILES string of the molecule is CN1CCC(=O)C1c1ccccc1O. The van der Waals surface area contributed by atoms with Gasteiger partial charge in [-0.2, -0.15) is 0 Å². The highest BCUT2D eigenvalue weighted by molar-refractivity contribution is 5.88. The quantitative estimate of drug-likeness (QED) is 0.728. The highest BCUT2D eigenvalue weighted by atomic mass is 16.3. The van der Waals surface area contributed by atoms with Crippen LogP contribution in [0.5, 0.6) is 5.75 Å². The minimum Gasteiger partial charge on any atom is -0.508 e. The summed E-state index contributed by atoms with van der Waals surface area (Å²) in [7, 11) is 1.90. The second kappa shape index (κ2) is 3.42. The van der Waals surface area contributed by atoms with Gasteiger partial charge in [0, 0.05) is 18.5 Å². The van der Waals surface area contributed by atoms with Gasteiger partial charge < -0.3 is 5.11 Å². The van der Waals surface area contributed by atoms with Gasteiger partial charge in [0.15, 0.2) is 5.78 Å². The van der Waals surface area contributed by atoms with Crippen molar-refractivity contribution in [3.05, 3.63) is 29.8 Å². The van der Waals surface area contributed by atoms with Crippen molar-refractivity contribution >= 4 is 5.78 Å². The topological polar surface area (TPSA) is 40.5 Å². The summed E-state index contributed by atoms with van der Waals surface area (Å²) in [6, 6.07) is 6.78. The summed E-state index contributed by atoms with van der Waals surface area (Å²) in [6.07, 6.45) is 0.579. The molecule has 1 aliphatic rings. The Balaban J connectivity index is 2.39. The Morgan fingerprint density at radius 1 is 1.43 bits per heavy atom. The summed E-state index contributed by atoms with van der Waals surface area (Å²) in [5, 5.41) is 9.63. The molecule has 2 rings (SSSR count). The molecule has 14 heavy (non-hydrogen) atoms. The Morgan fingerprint density at radius 2 is 2.14 bits per heavy atom. The highest BCUT2D eigenvalue weighted by Crippen LogP contribution is 2.32. The monoisotopic (exact) mass is 191 g/mol. The Kier molecular flexibility index (Phi) is 2.25. The number of benzene rings is 1. The van der Waals surface area contributed by atoms with E-state index in [1.165, 1.54) is 0 Å². The first-order valence-corrected chi connectivity index (χ1v) is 4.71. The normalized spacial score (nSPS) is 22.9. The minimum absolute atomic E-state index is 0.189. The van der Waals surface area contributed by atoms with Crippen molar-refractivity contribution in [1.82, 2.24) is 4.90 Å². The molecule has 1 heterocycles. The molecule has 1 aromatic rings. The number of Topliss-reactive ketones (excluding diaryl/α,β-unsaturated/α-hetero) is 1. The number of likely N-dealkylation sites (N-methyl/N-ethyl adjacent to an activating group) is 1. The van der Waals surface area contributed by atoms with Gasteiger partial charge in [0.25, 0.3) is 0 Å². The van der Waals surface area contributed by atoms with Crippen LogP contribution in [0.15, 0.2) is 24.3 Å². The molecule has 1 aromatic carbocycles. The first-order valence-electron chi connectivity index (χ1n) is 4.71. The molecule has 0 bridgehead atoms. The molecule has 0 saturated carbocycles. The van der Waals surface area contributed by atoms with E-state index in [0.29, 0.717) is 6.42 Å². The fourth-order valence-corrected chi connectivity index (χ4v) is 1.93. The number of nitrogens with zero attached hydrogens (tertiary/aromatic N) is 1. The van der Waals surface area contributed by atoms with Crippen LogP contribution in [-0.4, -0.2) is 29.4 Å². The number of ketones is 1.